The Balaban J connectivity index is 0.883. The molecule has 0 saturated carbocycles. The zero-order valence-corrected chi connectivity index (χ0v) is 37.5. The van der Waals surface area contributed by atoms with Crippen molar-refractivity contribution in [3.8, 4) is 22.6 Å². The minimum Gasteiger partial charge on any atom is -0.452 e. The molecule has 0 bridgehead atoms. The van der Waals surface area contributed by atoms with E-state index in [4.69, 9.17) is 4.74 Å². The second-order valence-electron chi connectivity index (χ2n) is 18.1. The van der Waals surface area contributed by atoms with Crippen LogP contribution in [0.15, 0.2) is 240 Å². The Morgan fingerprint density at radius 2 is 0.765 bits per heavy atom. The molecule has 0 saturated heterocycles. The first-order valence-corrected chi connectivity index (χ1v) is 24.0. The van der Waals surface area contributed by atoms with E-state index in [0.29, 0.717) is 0 Å². The predicted octanol–water partition coefficient (Wildman–Crippen LogP) is 18.9. The van der Waals surface area contributed by atoms with E-state index < -0.39 is 0 Å². The van der Waals surface area contributed by atoms with Crippen molar-refractivity contribution in [1.29, 1.82) is 0 Å². The van der Waals surface area contributed by atoms with Crippen LogP contribution in [0.5, 0.6) is 11.5 Å². The first kappa shape index (κ1) is 37.6. The number of fused-ring (bicyclic) bond motifs is 16. The topological polar surface area (TPSA) is 15.7 Å². The van der Waals surface area contributed by atoms with Gasteiger partial charge in [-0.25, -0.2) is 0 Å². The van der Waals surface area contributed by atoms with Gasteiger partial charge >= 0.3 is 0 Å². The molecular formula is C64H38N2OS. The first-order chi connectivity index (χ1) is 33.7. The molecule has 3 nitrogen and oxygen atoms in total. The third kappa shape index (κ3) is 5.62. The van der Waals surface area contributed by atoms with Gasteiger partial charge in [-0.15, -0.1) is 0 Å². The number of benzene rings is 13. The fraction of sp³-hybridized carbons (Fsp3) is 0. The average molecular weight is 883 g/mol. The third-order valence-electron chi connectivity index (χ3n) is 14.3. The van der Waals surface area contributed by atoms with E-state index in [1.807, 2.05) is 11.8 Å². The van der Waals surface area contributed by atoms with Crippen LogP contribution in [-0.4, -0.2) is 0 Å². The zero-order valence-electron chi connectivity index (χ0n) is 36.7. The van der Waals surface area contributed by atoms with Crippen molar-refractivity contribution in [1.82, 2.24) is 0 Å². The molecule has 4 heteroatoms. The number of hydrogen-bond donors (Lipinski definition) is 0. The Morgan fingerprint density at radius 3 is 1.51 bits per heavy atom. The van der Waals surface area contributed by atoms with Crippen molar-refractivity contribution in [2.75, 3.05) is 9.80 Å². The molecule has 13 aromatic carbocycles. The van der Waals surface area contributed by atoms with Crippen LogP contribution in [0.25, 0.3) is 86.5 Å². The van der Waals surface area contributed by atoms with Gasteiger partial charge in [0.05, 0.1) is 22.7 Å². The molecule has 68 heavy (non-hydrogen) atoms. The van der Waals surface area contributed by atoms with Crippen LogP contribution in [0.4, 0.5) is 34.1 Å². The van der Waals surface area contributed by atoms with Gasteiger partial charge < -0.3 is 14.5 Å². The number of rotatable bonds is 3. The van der Waals surface area contributed by atoms with E-state index >= 15 is 0 Å². The maximum absolute atomic E-state index is 7.10. The Bertz CT molecular complexity index is 4270. The van der Waals surface area contributed by atoms with Gasteiger partial charge in [0.15, 0.2) is 11.5 Å². The summed E-state index contributed by atoms with van der Waals surface area (Å²) in [5, 5.41) is 17.2. The highest BCUT2D eigenvalue weighted by Gasteiger charge is 2.30. The third-order valence-corrected chi connectivity index (χ3v) is 15.4. The van der Waals surface area contributed by atoms with E-state index in [2.05, 4.69) is 240 Å². The summed E-state index contributed by atoms with van der Waals surface area (Å²) in [5.74, 6) is 1.68. The molecule has 0 atom stereocenters. The SMILES string of the molecule is c1ccc2cc3c(cc2c1)Sc1cc(-c2ccc4c(c2)Oc2c(ccc5ccccc25)N4c2ccc4c5ccccc5c5ccccc5c4c2)ccc1N3c1ccc2c(ccc3ccccc32)c1. The molecule has 316 valence electrons. The number of nitrogens with zero attached hydrogens (tertiary/aromatic N) is 2. The largest absolute Gasteiger partial charge is 0.452 e. The lowest BCUT2D eigenvalue weighted by atomic mass is 9.93. The summed E-state index contributed by atoms with van der Waals surface area (Å²) in [6, 6.07) is 84.7. The Hall–Kier alpha value is -8.57. The molecule has 0 radical (unpaired) electrons. The van der Waals surface area contributed by atoms with Gasteiger partial charge in [-0.1, -0.05) is 176 Å². The van der Waals surface area contributed by atoms with Crippen LogP contribution in [0.2, 0.25) is 0 Å². The summed E-state index contributed by atoms with van der Waals surface area (Å²) in [6.45, 7) is 0. The summed E-state index contributed by atoms with van der Waals surface area (Å²) in [7, 11) is 0. The van der Waals surface area contributed by atoms with Crippen molar-refractivity contribution in [3.63, 3.8) is 0 Å². The van der Waals surface area contributed by atoms with Crippen molar-refractivity contribution in [3.05, 3.63) is 231 Å². The minimum atomic E-state index is 0.822. The Kier molecular flexibility index (Phi) is 8.00. The molecule has 0 spiro atoms. The highest BCUT2D eigenvalue weighted by Crippen LogP contribution is 2.56. The second-order valence-corrected chi connectivity index (χ2v) is 19.1. The van der Waals surface area contributed by atoms with Crippen LogP contribution in [-0.2, 0) is 0 Å². The quantitative estimate of drug-likeness (QED) is 0.164. The van der Waals surface area contributed by atoms with E-state index in [1.54, 1.807) is 0 Å². The van der Waals surface area contributed by atoms with Crippen LogP contribution in [0.1, 0.15) is 0 Å². The van der Waals surface area contributed by atoms with Gasteiger partial charge in [0.1, 0.15) is 0 Å². The summed E-state index contributed by atoms with van der Waals surface area (Å²) >= 11 is 1.85. The molecule has 0 fully saturated rings. The van der Waals surface area contributed by atoms with Crippen molar-refractivity contribution >= 4 is 121 Å². The van der Waals surface area contributed by atoms with Gasteiger partial charge in [0.25, 0.3) is 0 Å². The minimum absolute atomic E-state index is 0.822. The van der Waals surface area contributed by atoms with Crippen LogP contribution in [0, 0.1) is 0 Å². The standard InChI is InChI=1S/C64H38N2OS/c1-2-14-42-36-63-60(34-41(42)13-1)66(46-26-28-49-45(33-46)22-21-39-11-3-5-15-48(39)49)58-31-25-44(37-62(58)68-63)43-24-30-57-61(35-43)67-64-50-16-6-4-12-40(50)23-32-59(64)65(57)47-27-29-55-53-19-8-7-17-51(53)52-18-9-10-20-54(52)56(55)38-47/h1-38H. The summed E-state index contributed by atoms with van der Waals surface area (Å²) in [5.41, 5.74) is 8.84. The maximum Gasteiger partial charge on any atom is 0.159 e. The fourth-order valence-corrected chi connectivity index (χ4v) is 12.2. The van der Waals surface area contributed by atoms with Crippen molar-refractivity contribution in [2.45, 2.75) is 9.79 Å². The Morgan fingerprint density at radius 1 is 0.279 bits per heavy atom. The predicted molar refractivity (Wildman–Crippen MR) is 288 cm³/mol. The normalized spacial score (nSPS) is 13.0. The smallest absolute Gasteiger partial charge is 0.159 e. The molecule has 0 unspecified atom stereocenters. The van der Waals surface area contributed by atoms with E-state index in [-0.39, 0.29) is 0 Å². The second kappa shape index (κ2) is 14.5. The number of ether oxygens (including phenoxy) is 1. The average Bonchev–Trinajstić information content (AvgIpc) is 3.40. The van der Waals surface area contributed by atoms with Gasteiger partial charge in [0, 0.05) is 26.6 Å². The van der Waals surface area contributed by atoms with E-state index in [0.717, 1.165) is 56.1 Å². The summed E-state index contributed by atoms with van der Waals surface area (Å²) < 4.78 is 7.10. The van der Waals surface area contributed by atoms with Crippen LogP contribution >= 0.6 is 11.8 Å². The van der Waals surface area contributed by atoms with Gasteiger partial charge in [-0.3, -0.25) is 0 Å². The van der Waals surface area contributed by atoms with E-state index in [1.165, 1.54) is 85.8 Å². The summed E-state index contributed by atoms with van der Waals surface area (Å²) in [6.07, 6.45) is 0. The fourth-order valence-electron chi connectivity index (χ4n) is 11.1. The molecule has 15 rings (SSSR count). The lowest BCUT2D eigenvalue weighted by Crippen LogP contribution is -2.16. The molecule has 0 N–H and O–H groups in total. The zero-order chi connectivity index (χ0) is 44.5. The van der Waals surface area contributed by atoms with Crippen LogP contribution in [0.3, 0.4) is 0 Å². The van der Waals surface area contributed by atoms with Gasteiger partial charge in [-0.2, -0.15) is 0 Å². The monoisotopic (exact) mass is 882 g/mol. The van der Waals surface area contributed by atoms with Crippen molar-refractivity contribution < 1.29 is 4.74 Å². The highest BCUT2D eigenvalue weighted by atomic mass is 32.2. The lowest BCUT2D eigenvalue weighted by molar-refractivity contribution is 0.483. The maximum atomic E-state index is 7.10. The van der Waals surface area contributed by atoms with E-state index in [9.17, 15) is 0 Å². The highest BCUT2D eigenvalue weighted by molar-refractivity contribution is 7.99. The molecule has 0 amide bonds. The first-order valence-electron chi connectivity index (χ1n) is 23.2. The lowest BCUT2D eigenvalue weighted by Gasteiger charge is -2.34. The Labute approximate surface area is 396 Å². The molecular weight excluding hydrogens is 845 g/mol. The molecule has 0 aliphatic carbocycles. The molecule has 0 aromatic heterocycles. The number of anilines is 6. The van der Waals surface area contributed by atoms with Crippen LogP contribution < -0.4 is 14.5 Å². The van der Waals surface area contributed by atoms with Crippen molar-refractivity contribution in [2.24, 2.45) is 0 Å². The van der Waals surface area contributed by atoms with Gasteiger partial charge in [-0.05, 0) is 148 Å². The van der Waals surface area contributed by atoms with Gasteiger partial charge in [0.2, 0.25) is 0 Å². The molecule has 2 heterocycles. The summed E-state index contributed by atoms with van der Waals surface area (Å²) in [4.78, 5) is 7.28. The number of hydrogen-bond acceptors (Lipinski definition) is 4. The molecule has 2 aliphatic rings. The molecule has 2 aliphatic heterocycles. The molecule has 13 aromatic rings.